The van der Waals surface area contributed by atoms with E-state index in [2.05, 4.69) is 10.3 Å². The Hall–Kier alpha value is -1.79. The van der Waals surface area contributed by atoms with Gasteiger partial charge in [0.25, 0.3) is 5.91 Å². The number of carbonyl (C=O) groups is 1. The second-order valence-corrected chi connectivity index (χ2v) is 7.42. The summed E-state index contributed by atoms with van der Waals surface area (Å²) in [5, 5.41) is 5.75. The monoisotopic (exact) mass is 345 g/mol. The van der Waals surface area contributed by atoms with Crippen molar-refractivity contribution in [3.8, 4) is 10.6 Å². The van der Waals surface area contributed by atoms with Crippen LogP contribution in [0.1, 0.15) is 23.3 Å². The molecule has 0 spiro atoms. The number of benzene rings is 1. The molecule has 2 atom stereocenters. The highest BCUT2D eigenvalue weighted by molar-refractivity contribution is 7.13. The van der Waals surface area contributed by atoms with Crippen molar-refractivity contribution >= 4 is 17.2 Å². The van der Waals surface area contributed by atoms with Crippen LogP contribution in [0.25, 0.3) is 10.6 Å². The van der Waals surface area contributed by atoms with Gasteiger partial charge in [0.1, 0.15) is 16.5 Å². The minimum Gasteiger partial charge on any atom is -0.337 e. The highest BCUT2D eigenvalue weighted by Crippen LogP contribution is 2.29. The lowest BCUT2D eigenvalue weighted by Crippen LogP contribution is -2.33. The van der Waals surface area contributed by atoms with Crippen molar-refractivity contribution in [3.63, 3.8) is 0 Å². The quantitative estimate of drug-likeness (QED) is 0.910. The first kappa shape index (κ1) is 15.7. The molecule has 1 aromatic heterocycles. The van der Waals surface area contributed by atoms with E-state index in [0.717, 1.165) is 39.0 Å². The molecule has 126 valence electrons. The molecule has 3 heterocycles. The van der Waals surface area contributed by atoms with Crippen molar-refractivity contribution in [2.24, 2.45) is 11.8 Å². The average molecular weight is 345 g/mol. The minimum absolute atomic E-state index is 0.0261. The third kappa shape index (κ3) is 2.96. The number of hydrogen-bond donors (Lipinski definition) is 1. The predicted molar refractivity (Wildman–Crippen MR) is 92.5 cm³/mol. The summed E-state index contributed by atoms with van der Waals surface area (Å²) < 4.78 is 13.9. The van der Waals surface area contributed by atoms with Gasteiger partial charge in [0.2, 0.25) is 0 Å². The summed E-state index contributed by atoms with van der Waals surface area (Å²) in [6.07, 6.45) is 2.10. The standard InChI is InChI=1S/C18H20FN3OS/c19-15-4-2-1-3-14(15)17-21-16(11-24-17)18(23)22-7-5-12-9-20-10-13(12)6-8-22/h1-4,11-13,20H,5-10H2/t12-,13+. The average Bonchev–Trinajstić information content (AvgIpc) is 3.21. The van der Waals surface area contributed by atoms with Gasteiger partial charge in [-0.15, -0.1) is 11.3 Å². The van der Waals surface area contributed by atoms with Gasteiger partial charge < -0.3 is 10.2 Å². The molecule has 0 bridgehead atoms. The third-order valence-electron chi connectivity index (χ3n) is 5.13. The Morgan fingerprint density at radius 3 is 2.62 bits per heavy atom. The van der Waals surface area contributed by atoms with E-state index in [4.69, 9.17) is 0 Å². The molecule has 2 fully saturated rings. The van der Waals surface area contributed by atoms with E-state index >= 15 is 0 Å². The van der Waals surface area contributed by atoms with Crippen LogP contribution in [-0.4, -0.2) is 42.0 Å². The fraction of sp³-hybridized carbons (Fsp3) is 0.444. The fourth-order valence-corrected chi connectivity index (χ4v) is 4.53. The molecule has 0 radical (unpaired) electrons. The first-order valence-electron chi connectivity index (χ1n) is 8.43. The van der Waals surface area contributed by atoms with Crippen LogP contribution >= 0.6 is 11.3 Å². The SMILES string of the molecule is O=C(c1csc(-c2ccccc2F)n1)N1CC[C@@H]2CNC[C@@H]2CC1. The molecule has 4 nitrogen and oxygen atoms in total. The largest absolute Gasteiger partial charge is 0.337 e. The number of likely N-dealkylation sites (tertiary alicyclic amines) is 1. The normalized spacial score (nSPS) is 23.8. The number of fused-ring (bicyclic) bond motifs is 1. The van der Waals surface area contributed by atoms with Gasteiger partial charge in [0.15, 0.2) is 0 Å². The molecule has 24 heavy (non-hydrogen) atoms. The number of carbonyl (C=O) groups excluding carboxylic acids is 1. The molecule has 0 aliphatic carbocycles. The summed E-state index contributed by atoms with van der Waals surface area (Å²) >= 11 is 1.32. The zero-order valence-corrected chi connectivity index (χ0v) is 14.2. The summed E-state index contributed by atoms with van der Waals surface area (Å²) in [4.78, 5) is 19.1. The van der Waals surface area contributed by atoms with Crippen molar-refractivity contribution in [1.82, 2.24) is 15.2 Å². The molecule has 0 unspecified atom stereocenters. The van der Waals surface area contributed by atoms with Crippen LogP contribution in [0.5, 0.6) is 0 Å². The zero-order valence-electron chi connectivity index (χ0n) is 13.4. The van der Waals surface area contributed by atoms with E-state index < -0.39 is 0 Å². The van der Waals surface area contributed by atoms with Crippen molar-refractivity contribution in [2.75, 3.05) is 26.2 Å². The lowest BCUT2D eigenvalue weighted by Gasteiger charge is -2.19. The molecule has 1 amide bonds. The van der Waals surface area contributed by atoms with Crippen molar-refractivity contribution < 1.29 is 9.18 Å². The van der Waals surface area contributed by atoms with Gasteiger partial charge in [-0.2, -0.15) is 0 Å². The summed E-state index contributed by atoms with van der Waals surface area (Å²) in [5.41, 5.74) is 0.890. The first-order valence-corrected chi connectivity index (χ1v) is 9.31. The Kier molecular flexibility index (Phi) is 4.33. The zero-order chi connectivity index (χ0) is 16.5. The van der Waals surface area contributed by atoms with Crippen LogP contribution in [0.3, 0.4) is 0 Å². The Morgan fingerprint density at radius 1 is 1.21 bits per heavy atom. The molecule has 2 aromatic rings. The molecule has 1 aromatic carbocycles. The molecule has 6 heteroatoms. The third-order valence-corrected chi connectivity index (χ3v) is 6.01. The Balaban J connectivity index is 1.50. The maximum Gasteiger partial charge on any atom is 0.273 e. The number of thiazole rings is 1. The fourth-order valence-electron chi connectivity index (χ4n) is 3.71. The van der Waals surface area contributed by atoms with Crippen LogP contribution in [0.4, 0.5) is 4.39 Å². The predicted octanol–water partition coefficient (Wildman–Crippen LogP) is 3.02. The van der Waals surface area contributed by atoms with Crippen LogP contribution in [0.2, 0.25) is 0 Å². The number of nitrogens with zero attached hydrogens (tertiary/aromatic N) is 2. The van der Waals surface area contributed by atoms with Crippen molar-refractivity contribution in [3.05, 3.63) is 41.2 Å². The number of hydrogen-bond acceptors (Lipinski definition) is 4. The van der Waals surface area contributed by atoms with E-state index in [0.29, 0.717) is 28.1 Å². The number of nitrogens with one attached hydrogen (secondary N) is 1. The van der Waals surface area contributed by atoms with Crippen LogP contribution in [0, 0.1) is 17.7 Å². The van der Waals surface area contributed by atoms with Gasteiger partial charge in [-0.25, -0.2) is 9.37 Å². The molecule has 4 rings (SSSR count). The molecular formula is C18H20FN3OS. The second-order valence-electron chi connectivity index (χ2n) is 6.57. The second kappa shape index (κ2) is 6.61. The van der Waals surface area contributed by atoms with Gasteiger partial charge in [0.05, 0.1) is 0 Å². The van der Waals surface area contributed by atoms with Crippen LogP contribution < -0.4 is 5.32 Å². The Morgan fingerprint density at radius 2 is 1.92 bits per heavy atom. The summed E-state index contributed by atoms with van der Waals surface area (Å²) in [6, 6.07) is 6.55. The van der Waals surface area contributed by atoms with Gasteiger partial charge in [-0.05, 0) is 49.9 Å². The van der Waals surface area contributed by atoms with E-state index in [1.807, 2.05) is 4.90 Å². The molecule has 2 saturated heterocycles. The van der Waals surface area contributed by atoms with Crippen molar-refractivity contribution in [1.29, 1.82) is 0 Å². The molecular weight excluding hydrogens is 325 g/mol. The van der Waals surface area contributed by atoms with E-state index in [1.165, 1.54) is 17.4 Å². The van der Waals surface area contributed by atoms with Gasteiger partial charge in [-0.1, -0.05) is 12.1 Å². The summed E-state index contributed by atoms with van der Waals surface area (Å²) in [6.45, 7) is 3.71. The van der Waals surface area contributed by atoms with Crippen LogP contribution in [0.15, 0.2) is 29.6 Å². The molecule has 2 aliphatic rings. The van der Waals surface area contributed by atoms with E-state index in [1.54, 1.807) is 23.6 Å². The highest BCUT2D eigenvalue weighted by atomic mass is 32.1. The molecule has 2 aliphatic heterocycles. The summed E-state index contributed by atoms with van der Waals surface area (Å²) in [7, 11) is 0. The lowest BCUT2D eigenvalue weighted by molar-refractivity contribution is 0.0753. The number of rotatable bonds is 2. The smallest absolute Gasteiger partial charge is 0.273 e. The highest BCUT2D eigenvalue weighted by Gasteiger charge is 2.32. The number of halogens is 1. The number of amides is 1. The Bertz CT molecular complexity index is 733. The molecule has 1 N–H and O–H groups in total. The van der Waals surface area contributed by atoms with Gasteiger partial charge in [0, 0.05) is 24.0 Å². The van der Waals surface area contributed by atoms with Crippen molar-refractivity contribution in [2.45, 2.75) is 12.8 Å². The molecule has 0 saturated carbocycles. The summed E-state index contributed by atoms with van der Waals surface area (Å²) in [5.74, 6) is 1.04. The van der Waals surface area contributed by atoms with Gasteiger partial charge in [-0.3, -0.25) is 4.79 Å². The first-order chi connectivity index (χ1) is 11.7. The van der Waals surface area contributed by atoms with E-state index in [9.17, 15) is 9.18 Å². The topological polar surface area (TPSA) is 45.2 Å². The van der Waals surface area contributed by atoms with E-state index in [-0.39, 0.29) is 11.7 Å². The number of aromatic nitrogens is 1. The maximum absolute atomic E-state index is 13.9. The van der Waals surface area contributed by atoms with Gasteiger partial charge >= 0.3 is 0 Å². The van der Waals surface area contributed by atoms with Crippen LogP contribution in [-0.2, 0) is 0 Å². The lowest BCUT2D eigenvalue weighted by atomic mass is 9.92. The minimum atomic E-state index is -0.305. The maximum atomic E-state index is 13.9. The Labute approximate surface area is 144 Å².